The van der Waals surface area contributed by atoms with Crippen LogP contribution in [0.2, 0.25) is 0 Å². The lowest BCUT2D eigenvalue weighted by Crippen LogP contribution is -2.05. The van der Waals surface area contributed by atoms with Crippen molar-refractivity contribution in [2.45, 2.75) is 70.6 Å². The molecule has 0 aliphatic rings. The molecule has 0 aromatic carbocycles. The van der Waals surface area contributed by atoms with E-state index in [4.69, 9.17) is 11.2 Å². The van der Waals surface area contributed by atoms with Crippen LogP contribution in [0.1, 0.15) is 70.6 Å². The van der Waals surface area contributed by atoms with E-state index >= 15 is 0 Å². The van der Waals surface area contributed by atoms with Crippen molar-refractivity contribution in [1.82, 2.24) is 0 Å². The molecule has 0 amide bonds. The highest BCUT2D eigenvalue weighted by molar-refractivity contribution is 9.09. The molecule has 0 spiro atoms. The summed E-state index contributed by atoms with van der Waals surface area (Å²) in [7, 11) is 0. The van der Waals surface area contributed by atoms with Gasteiger partial charge in [0.1, 0.15) is 0 Å². The summed E-state index contributed by atoms with van der Waals surface area (Å²) in [6, 6.07) is 0. The third kappa shape index (κ3) is 15.5. The zero-order valence-corrected chi connectivity index (χ0v) is 13.6. The Morgan fingerprint density at radius 1 is 0.947 bits per heavy atom. The fraction of sp³-hybridized carbons (Fsp3) is 0.812. The Labute approximate surface area is 126 Å². The zero-order valence-electron chi connectivity index (χ0n) is 12.0. The van der Waals surface area contributed by atoms with Gasteiger partial charge in [0.25, 0.3) is 0 Å². The third-order valence-corrected chi connectivity index (χ3v) is 3.55. The van der Waals surface area contributed by atoms with E-state index in [1.54, 1.807) is 0 Å². The van der Waals surface area contributed by atoms with Gasteiger partial charge in [-0.1, -0.05) is 48.0 Å². The van der Waals surface area contributed by atoms with Crippen molar-refractivity contribution < 1.29 is 9.53 Å². The number of hydrogen-bond acceptors (Lipinski definition) is 2. The van der Waals surface area contributed by atoms with Crippen molar-refractivity contribution in [3.05, 3.63) is 0 Å². The van der Waals surface area contributed by atoms with E-state index in [1.165, 1.54) is 19.3 Å². The summed E-state index contributed by atoms with van der Waals surface area (Å²) in [5.74, 6) is 2.59. The van der Waals surface area contributed by atoms with E-state index in [1.807, 2.05) is 0 Å². The summed E-state index contributed by atoms with van der Waals surface area (Å²) < 4.78 is 5.19. The minimum Gasteiger partial charge on any atom is -0.466 e. The fourth-order valence-electron chi connectivity index (χ4n) is 1.84. The third-order valence-electron chi connectivity index (χ3n) is 2.99. The first kappa shape index (κ1) is 18.5. The van der Waals surface area contributed by atoms with Crippen molar-refractivity contribution in [2.75, 3.05) is 11.9 Å². The van der Waals surface area contributed by atoms with Crippen molar-refractivity contribution in [3.63, 3.8) is 0 Å². The minimum atomic E-state index is -0.0379. The van der Waals surface area contributed by atoms with Crippen LogP contribution in [0.3, 0.4) is 0 Å². The Balaban J connectivity index is 3.15. The van der Waals surface area contributed by atoms with Crippen molar-refractivity contribution >= 4 is 21.9 Å². The maximum absolute atomic E-state index is 11.4. The molecule has 0 atom stereocenters. The summed E-state index contributed by atoms with van der Waals surface area (Å²) >= 11 is 3.41. The van der Waals surface area contributed by atoms with Gasteiger partial charge in [-0.15, -0.1) is 12.3 Å². The highest BCUT2D eigenvalue weighted by atomic mass is 79.9. The molecule has 0 N–H and O–H groups in total. The second-order valence-corrected chi connectivity index (χ2v) is 5.59. The number of ether oxygens (including phenoxy) is 1. The van der Waals surface area contributed by atoms with Crippen molar-refractivity contribution in [3.8, 4) is 12.3 Å². The van der Waals surface area contributed by atoms with Gasteiger partial charge < -0.3 is 4.74 Å². The fourth-order valence-corrected chi connectivity index (χ4v) is 2.23. The monoisotopic (exact) mass is 330 g/mol. The molecular formula is C16H27BrO2. The van der Waals surface area contributed by atoms with Gasteiger partial charge in [-0.25, -0.2) is 0 Å². The van der Waals surface area contributed by atoms with Crippen LogP contribution in [0.25, 0.3) is 0 Å². The average molecular weight is 331 g/mol. The van der Waals surface area contributed by atoms with Gasteiger partial charge in [0.15, 0.2) is 0 Å². The van der Waals surface area contributed by atoms with Crippen molar-refractivity contribution in [1.29, 1.82) is 0 Å². The maximum Gasteiger partial charge on any atom is 0.305 e. The van der Waals surface area contributed by atoms with E-state index in [2.05, 4.69) is 21.9 Å². The molecule has 0 aliphatic carbocycles. The predicted octanol–water partition coefficient (Wildman–Crippen LogP) is 4.85. The SMILES string of the molecule is C#CCCCCCCOC(=O)CCCCCCCBr. The van der Waals surface area contributed by atoms with Crippen LogP contribution in [0, 0.1) is 12.3 Å². The molecule has 0 aromatic heterocycles. The molecule has 0 aromatic rings. The highest BCUT2D eigenvalue weighted by Crippen LogP contribution is 2.08. The van der Waals surface area contributed by atoms with Crippen LogP contribution in [0.15, 0.2) is 0 Å². The Bertz CT molecular complexity index is 246. The lowest BCUT2D eigenvalue weighted by atomic mass is 10.1. The van der Waals surface area contributed by atoms with Gasteiger partial charge in [-0.05, 0) is 25.7 Å². The molecule has 0 radical (unpaired) electrons. The van der Waals surface area contributed by atoms with Gasteiger partial charge in [0, 0.05) is 18.2 Å². The first-order chi connectivity index (χ1) is 9.31. The number of terminal acetylenes is 1. The molecule has 0 aliphatic heterocycles. The smallest absolute Gasteiger partial charge is 0.305 e. The minimum absolute atomic E-state index is 0.0379. The molecule has 0 heterocycles. The Morgan fingerprint density at radius 3 is 2.32 bits per heavy atom. The summed E-state index contributed by atoms with van der Waals surface area (Å²) in [4.78, 5) is 11.4. The van der Waals surface area contributed by atoms with Gasteiger partial charge in [0.2, 0.25) is 0 Å². The number of hydrogen-bond donors (Lipinski definition) is 0. The molecule has 0 fully saturated rings. The number of unbranched alkanes of at least 4 members (excludes halogenated alkanes) is 8. The summed E-state index contributed by atoms with van der Waals surface area (Å²) in [5, 5.41) is 1.08. The number of rotatable bonds is 13. The highest BCUT2D eigenvalue weighted by Gasteiger charge is 2.02. The molecule has 0 bridgehead atoms. The van der Waals surface area contributed by atoms with Crippen LogP contribution < -0.4 is 0 Å². The van der Waals surface area contributed by atoms with Crippen molar-refractivity contribution in [2.24, 2.45) is 0 Å². The second kappa shape index (κ2) is 15.6. The van der Waals surface area contributed by atoms with Crippen LogP contribution in [0.5, 0.6) is 0 Å². The summed E-state index contributed by atoms with van der Waals surface area (Å²) in [6.45, 7) is 0.568. The molecule has 110 valence electrons. The molecule has 19 heavy (non-hydrogen) atoms. The molecule has 2 nitrogen and oxygen atoms in total. The molecule has 0 saturated carbocycles. The van der Waals surface area contributed by atoms with Crippen LogP contribution in [-0.4, -0.2) is 17.9 Å². The number of alkyl halides is 1. The first-order valence-corrected chi connectivity index (χ1v) is 8.58. The second-order valence-electron chi connectivity index (χ2n) is 4.80. The van der Waals surface area contributed by atoms with E-state index < -0.39 is 0 Å². The molecule has 0 rings (SSSR count). The topological polar surface area (TPSA) is 26.3 Å². The van der Waals surface area contributed by atoms with E-state index in [0.717, 1.165) is 50.3 Å². The van der Waals surface area contributed by atoms with Gasteiger partial charge >= 0.3 is 5.97 Å². The van der Waals surface area contributed by atoms with Gasteiger partial charge in [0.05, 0.1) is 6.61 Å². The molecule has 3 heteroatoms. The lowest BCUT2D eigenvalue weighted by molar-refractivity contribution is -0.143. The Morgan fingerprint density at radius 2 is 1.58 bits per heavy atom. The standard InChI is InChI=1S/C16H27BrO2/c1-2-3-4-5-9-12-15-19-16(18)13-10-7-6-8-11-14-17/h1H,3-15H2. The largest absolute Gasteiger partial charge is 0.466 e. The molecule has 0 saturated heterocycles. The van der Waals surface area contributed by atoms with Gasteiger partial charge in [-0.3, -0.25) is 4.79 Å². The zero-order chi connectivity index (χ0) is 14.2. The maximum atomic E-state index is 11.4. The van der Waals surface area contributed by atoms with E-state index in [-0.39, 0.29) is 5.97 Å². The predicted molar refractivity (Wildman–Crippen MR) is 84.4 cm³/mol. The average Bonchev–Trinajstić information content (AvgIpc) is 2.41. The Kier molecular flexibility index (Phi) is 15.2. The number of halogens is 1. The number of carbonyl (C=O) groups is 1. The number of esters is 1. The normalized spacial score (nSPS) is 10.1. The van der Waals surface area contributed by atoms with Crippen LogP contribution in [0.4, 0.5) is 0 Å². The summed E-state index contributed by atoms with van der Waals surface area (Å²) in [6.07, 6.45) is 16.7. The number of carbonyl (C=O) groups excluding carboxylic acids is 1. The van der Waals surface area contributed by atoms with Crippen LogP contribution >= 0.6 is 15.9 Å². The quantitative estimate of drug-likeness (QED) is 0.209. The van der Waals surface area contributed by atoms with Gasteiger partial charge in [-0.2, -0.15) is 0 Å². The van der Waals surface area contributed by atoms with E-state index in [0.29, 0.717) is 13.0 Å². The first-order valence-electron chi connectivity index (χ1n) is 7.46. The molecular weight excluding hydrogens is 304 g/mol. The lowest BCUT2D eigenvalue weighted by Gasteiger charge is -2.04. The summed E-state index contributed by atoms with van der Waals surface area (Å²) in [5.41, 5.74) is 0. The van der Waals surface area contributed by atoms with Crippen LogP contribution in [-0.2, 0) is 9.53 Å². The molecule has 0 unspecified atom stereocenters. The Hall–Kier alpha value is -0.490. The van der Waals surface area contributed by atoms with E-state index in [9.17, 15) is 4.79 Å².